The van der Waals surface area contributed by atoms with Gasteiger partial charge in [-0.25, -0.2) is 0 Å². The van der Waals surface area contributed by atoms with Gasteiger partial charge >= 0.3 is 0 Å². The summed E-state index contributed by atoms with van der Waals surface area (Å²) >= 11 is 0. The molecule has 0 saturated carbocycles. The molecule has 0 radical (unpaired) electrons. The van der Waals surface area contributed by atoms with Gasteiger partial charge in [0.15, 0.2) is 0 Å². The molecule has 1 aromatic rings. The summed E-state index contributed by atoms with van der Waals surface area (Å²) in [5, 5.41) is 9.17. The van der Waals surface area contributed by atoms with Crippen LogP contribution in [0.4, 0.5) is 0 Å². The summed E-state index contributed by atoms with van der Waals surface area (Å²) < 4.78 is 29.1. The lowest BCUT2D eigenvalue weighted by molar-refractivity contribution is 0.180. The summed E-state index contributed by atoms with van der Waals surface area (Å²) in [5.74, 6) is 0. The zero-order valence-electron chi connectivity index (χ0n) is 15.7. The highest BCUT2D eigenvalue weighted by atomic mass is 32.2. The molecule has 0 bridgehead atoms. The maximum Gasteiger partial charge on any atom is 0.296 e. The Hall–Kier alpha value is -0.910. The van der Waals surface area contributed by atoms with E-state index in [4.69, 9.17) is 4.18 Å². The van der Waals surface area contributed by atoms with Crippen molar-refractivity contribution >= 4 is 10.1 Å². The Labute approximate surface area is 153 Å². The fourth-order valence-corrected chi connectivity index (χ4v) is 3.66. The molecule has 1 atom stereocenters. The highest BCUT2D eigenvalue weighted by Crippen LogP contribution is 2.15. The van der Waals surface area contributed by atoms with Crippen molar-refractivity contribution in [3.63, 3.8) is 0 Å². The maximum absolute atomic E-state index is 12.0. The van der Waals surface area contributed by atoms with Crippen molar-refractivity contribution in [1.82, 2.24) is 0 Å². The number of aliphatic hydroxyl groups excluding tert-OH is 1. The third kappa shape index (κ3) is 10.6. The predicted octanol–water partition coefficient (Wildman–Crippen LogP) is 4.98. The Balaban J connectivity index is 1.99. The quantitative estimate of drug-likeness (QED) is 0.370. The SMILES string of the molecule is Cc1ccc(S(=O)(=O)OCCCCCCCCCCCC(C)O)cc1. The van der Waals surface area contributed by atoms with Crippen LogP contribution in [0.2, 0.25) is 0 Å². The number of hydrogen-bond donors (Lipinski definition) is 1. The van der Waals surface area contributed by atoms with Crippen molar-refractivity contribution in [3.8, 4) is 0 Å². The Morgan fingerprint density at radius 3 is 1.88 bits per heavy atom. The van der Waals surface area contributed by atoms with Crippen LogP contribution in [0.25, 0.3) is 0 Å². The minimum Gasteiger partial charge on any atom is -0.393 e. The van der Waals surface area contributed by atoms with Gasteiger partial charge in [-0.05, 0) is 38.8 Å². The van der Waals surface area contributed by atoms with Crippen LogP contribution < -0.4 is 0 Å². The number of aryl methyl sites for hydroxylation is 1. The molecular weight excluding hydrogens is 336 g/mol. The molecule has 4 nitrogen and oxygen atoms in total. The number of hydrogen-bond acceptors (Lipinski definition) is 4. The molecule has 0 spiro atoms. The molecule has 1 rings (SSSR count). The molecule has 0 fully saturated rings. The monoisotopic (exact) mass is 370 g/mol. The molecule has 0 aliphatic carbocycles. The first-order valence-electron chi connectivity index (χ1n) is 9.56. The number of rotatable bonds is 14. The minimum atomic E-state index is -3.61. The van der Waals surface area contributed by atoms with E-state index in [0.717, 1.165) is 37.7 Å². The van der Waals surface area contributed by atoms with Crippen LogP contribution in [-0.2, 0) is 14.3 Å². The fourth-order valence-electron chi connectivity index (χ4n) is 2.72. The molecule has 0 aliphatic rings. The van der Waals surface area contributed by atoms with Gasteiger partial charge < -0.3 is 5.11 Å². The average Bonchev–Trinajstić information content (AvgIpc) is 2.56. The molecule has 1 N–H and O–H groups in total. The largest absolute Gasteiger partial charge is 0.393 e. The summed E-state index contributed by atoms with van der Waals surface area (Å²) in [6, 6.07) is 6.74. The van der Waals surface area contributed by atoms with E-state index in [2.05, 4.69) is 0 Å². The van der Waals surface area contributed by atoms with Gasteiger partial charge in [0.2, 0.25) is 0 Å². The second kappa shape index (κ2) is 12.4. The van der Waals surface area contributed by atoms with Crippen molar-refractivity contribution in [3.05, 3.63) is 29.8 Å². The minimum absolute atomic E-state index is 0.169. The molecule has 25 heavy (non-hydrogen) atoms. The van der Waals surface area contributed by atoms with Gasteiger partial charge in [0.25, 0.3) is 10.1 Å². The van der Waals surface area contributed by atoms with E-state index in [0.29, 0.717) is 0 Å². The second-order valence-electron chi connectivity index (χ2n) is 6.91. The summed E-state index contributed by atoms with van der Waals surface area (Å²) in [5.41, 5.74) is 1.03. The van der Waals surface area contributed by atoms with Crippen molar-refractivity contribution < 1.29 is 17.7 Å². The van der Waals surface area contributed by atoms with Crippen LogP contribution in [0.3, 0.4) is 0 Å². The van der Waals surface area contributed by atoms with E-state index in [-0.39, 0.29) is 17.6 Å². The Morgan fingerprint density at radius 1 is 0.880 bits per heavy atom. The molecule has 0 aromatic heterocycles. The lowest BCUT2D eigenvalue weighted by atomic mass is 10.1. The van der Waals surface area contributed by atoms with E-state index < -0.39 is 10.1 Å². The van der Waals surface area contributed by atoms with Crippen LogP contribution in [0.1, 0.15) is 76.7 Å². The average molecular weight is 371 g/mol. The van der Waals surface area contributed by atoms with Crippen LogP contribution in [0, 0.1) is 6.92 Å². The van der Waals surface area contributed by atoms with Crippen LogP contribution in [0.5, 0.6) is 0 Å². The van der Waals surface area contributed by atoms with E-state index >= 15 is 0 Å². The molecular formula is C20H34O4S. The first-order valence-corrected chi connectivity index (χ1v) is 11.0. The van der Waals surface area contributed by atoms with Gasteiger partial charge in [-0.3, -0.25) is 4.18 Å². The van der Waals surface area contributed by atoms with Gasteiger partial charge in [-0.15, -0.1) is 0 Å². The molecule has 0 heterocycles. The highest BCUT2D eigenvalue weighted by Gasteiger charge is 2.14. The zero-order valence-corrected chi connectivity index (χ0v) is 16.6. The molecule has 1 unspecified atom stereocenters. The van der Waals surface area contributed by atoms with Crippen molar-refractivity contribution in [2.75, 3.05) is 6.61 Å². The first-order chi connectivity index (χ1) is 11.9. The van der Waals surface area contributed by atoms with Gasteiger partial charge in [0, 0.05) is 0 Å². The summed E-state index contributed by atoms with van der Waals surface area (Å²) in [4.78, 5) is 0.230. The van der Waals surface area contributed by atoms with Gasteiger partial charge in [0.05, 0.1) is 17.6 Å². The standard InChI is InChI=1S/C20H34O4S/c1-18-13-15-20(16-14-18)25(22,23)24-17-11-9-7-5-3-4-6-8-10-12-19(2)21/h13-16,19,21H,3-12,17H2,1-2H3. The van der Waals surface area contributed by atoms with Crippen LogP contribution in [0.15, 0.2) is 29.2 Å². The second-order valence-corrected chi connectivity index (χ2v) is 8.52. The molecule has 0 saturated heterocycles. The Morgan fingerprint density at radius 2 is 1.36 bits per heavy atom. The third-order valence-corrected chi connectivity index (χ3v) is 5.64. The lowest BCUT2D eigenvalue weighted by Gasteiger charge is -2.06. The zero-order chi connectivity index (χ0) is 18.5. The lowest BCUT2D eigenvalue weighted by Crippen LogP contribution is -2.07. The first kappa shape index (κ1) is 22.1. The van der Waals surface area contributed by atoms with Gasteiger partial charge in [-0.2, -0.15) is 8.42 Å². The maximum atomic E-state index is 12.0. The van der Waals surface area contributed by atoms with Crippen LogP contribution >= 0.6 is 0 Å². The van der Waals surface area contributed by atoms with Crippen molar-refractivity contribution in [1.29, 1.82) is 0 Å². The molecule has 5 heteroatoms. The van der Waals surface area contributed by atoms with Crippen LogP contribution in [-0.4, -0.2) is 26.2 Å². The summed E-state index contributed by atoms with van der Waals surface area (Å²) in [6.07, 6.45) is 10.9. The predicted molar refractivity (Wildman–Crippen MR) is 102 cm³/mol. The molecule has 0 aliphatic heterocycles. The molecule has 144 valence electrons. The van der Waals surface area contributed by atoms with E-state index in [1.165, 1.54) is 32.1 Å². The highest BCUT2D eigenvalue weighted by molar-refractivity contribution is 7.86. The number of unbranched alkanes of at least 4 members (excludes halogenated alkanes) is 8. The fraction of sp³-hybridized carbons (Fsp3) is 0.700. The third-order valence-electron chi connectivity index (χ3n) is 4.31. The smallest absolute Gasteiger partial charge is 0.296 e. The number of benzene rings is 1. The topological polar surface area (TPSA) is 63.6 Å². The van der Waals surface area contributed by atoms with E-state index in [1.807, 2.05) is 13.8 Å². The Kier molecular flexibility index (Phi) is 11.0. The number of aliphatic hydroxyl groups is 1. The van der Waals surface area contributed by atoms with E-state index in [9.17, 15) is 13.5 Å². The summed E-state index contributed by atoms with van der Waals surface area (Å²) in [6.45, 7) is 4.03. The van der Waals surface area contributed by atoms with Crippen molar-refractivity contribution in [2.24, 2.45) is 0 Å². The molecule has 0 amide bonds. The van der Waals surface area contributed by atoms with Gasteiger partial charge in [-0.1, -0.05) is 69.1 Å². The summed E-state index contributed by atoms with van der Waals surface area (Å²) in [7, 11) is -3.61. The van der Waals surface area contributed by atoms with Gasteiger partial charge in [0.1, 0.15) is 0 Å². The normalized spacial score (nSPS) is 13.1. The van der Waals surface area contributed by atoms with Crippen molar-refractivity contribution in [2.45, 2.75) is 89.1 Å². The Bertz CT molecular complexity index is 550. The molecule has 1 aromatic carbocycles. The van der Waals surface area contributed by atoms with E-state index in [1.54, 1.807) is 24.3 Å².